The normalized spacial score (nSPS) is 17.2. The van der Waals surface area contributed by atoms with Crippen LogP contribution in [0.5, 0.6) is 11.5 Å². The number of carbonyl (C=O) groups is 1. The minimum atomic E-state index is -0.341. The first-order valence-corrected chi connectivity index (χ1v) is 10.0. The first kappa shape index (κ1) is 19.6. The number of aromatic nitrogens is 1. The van der Waals surface area contributed by atoms with Crippen molar-refractivity contribution in [3.05, 3.63) is 40.3 Å². The molecule has 1 aliphatic heterocycles. The largest absolute Gasteiger partial charge is 0.497 e. The molecule has 2 heterocycles. The van der Waals surface area contributed by atoms with Gasteiger partial charge < -0.3 is 14.4 Å². The standard InChI is InChI=1S/C20H27N3O3S/c1-20(2,19-21-9-11-27-19)22-13-18(24)23-10-5-6-16(23)15-12-14(25-3)7-8-17(15)26-4/h7-9,11-12,16,22H,5-6,10,13H2,1-4H3. The molecule has 1 atom stereocenters. The molecule has 146 valence electrons. The van der Waals surface area contributed by atoms with Gasteiger partial charge >= 0.3 is 0 Å². The van der Waals surface area contributed by atoms with Gasteiger partial charge in [-0.05, 0) is 44.9 Å². The topological polar surface area (TPSA) is 63.7 Å². The third-order valence-corrected chi connectivity index (χ3v) is 6.11. The second kappa shape index (κ2) is 8.27. The number of ether oxygens (including phenoxy) is 2. The molecule has 0 saturated carbocycles. The molecule has 1 unspecified atom stereocenters. The zero-order valence-corrected chi connectivity index (χ0v) is 17.1. The van der Waals surface area contributed by atoms with E-state index in [2.05, 4.69) is 10.3 Å². The van der Waals surface area contributed by atoms with Gasteiger partial charge in [0, 0.05) is 23.7 Å². The highest BCUT2D eigenvalue weighted by Crippen LogP contribution is 2.39. The van der Waals surface area contributed by atoms with E-state index in [-0.39, 0.29) is 24.0 Å². The van der Waals surface area contributed by atoms with Crippen LogP contribution in [0.4, 0.5) is 0 Å². The Balaban J connectivity index is 1.73. The van der Waals surface area contributed by atoms with E-state index in [0.717, 1.165) is 41.5 Å². The number of amides is 1. The maximum absolute atomic E-state index is 13.0. The predicted molar refractivity (Wildman–Crippen MR) is 106 cm³/mol. The molecule has 0 spiro atoms. The molecule has 2 aromatic rings. The summed E-state index contributed by atoms with van der Waals surface area (Å²) in [6.07, 6.45) is 3.69. The molecule has 27 heavy (non-hydrogen) atoms. The SMILES string of the molecule is COc1ccc(OC)c(C2CCCN2C(=O)CNC(C)(C)c2nccs2)c1. The quantitative estimate of drug-likeness (QED) is 0.787. The Hall–Kier alpha value is -2.12. The Labute approximate surface area is 164 Å². The van der Waals surface area contributed by atoms with Gasteiger partial charge in [0.1, 0.15) is 16.5 Å². The lowest BCUT2D eigenvalue weighted by molar-refractivity contribution is -0.131. The van der Waals surface area contributed by atoms with Crippen molar-refractivity contribution in [3.8, 4) is 11.5 Å². The van der Waals surface area contributed by atoms with Gasteiger partial charge in [0.05, 0.1) is 32.3 Å². The van der Waals surface area contributed by atoms with Crippen LogP contribution in [0.3, 0.4) is 0 Å². The van der Waals surface area contributed by atoms with E-state index < -0.39 is 0 Å². The summed E-state index contributed by atoms with van der Waals surface area (Å²) in [5.41, 5.74) is 0.661. The number of thiazole rings is 1. The van der Waals surface area contributed by atoms with E-state index >= 15 is 0 Å². The van der Waals surface area contributed by atoms with Crippen LogP contribution in [0.2, 0.25) is 0 Å². The molecular formula is C20H27N3O3S. The number of carbonyl (C=O) groups excluding carboxylic acids is 1. The van der Waals surface area contributed by atoms with Crippen molar-refractivity contribution < 1.29 is 14.3 Å². The van der Waals surface area contributed by atoms with E-state index in [1.807, 2.05) is 42.3 Å². The van der Waals surface area contributed by atoms with Gasteiger partial charge in [-0.1, -0.05) is 0 Å². The summed E-state index contributed by atoms with van der Waals surface area (Å²) in [5.74, 6) is 1.65. The highest BCUT2D eigenvalue weighted by molar-refractivity contribution is 7.09. The first-order chi connectivity index (χ1) is 13.0. The van der Waals surface area contributed by atoms with Crippen molar-refractivity contribution in [1.82, 2.24) is 15.2 Å². The number of rotatable bonds is 7. The smallest absolute Gasteiger partial charge is 0.237 e. The van der Waals surface area contributed by atoms with Crippen molar-refractivity contribution in [3.63, 3.8) is 0 Å². The minimum absolute atomic E-state index is 0.00678. The van der Waals surface area contributed by atoms with Crippen molar-refractivity contribution in [2.24, 2.45) is 0 Å². The highest BCUT2D eigenvalue weighted by Gasteiger charge is 2.33. The van der Waals surface area contributed by atoms with Gasteiger partial charge in [0.25, 0.3) is 0 Å². The first-order valence-electron chi connectivity index (χ1n) is 9.12. The lowest BCUT2D eigenvalue weighted by Gasteiger charge is -2.29. The van der Waals surface area contributed by atoms with Gasteiger partial charge in [0.2, 0.25) is 5.91 Å². The summed E-state index contributed by atoms with van der Waals surface area (Å²) in [4.78, 5) is 19.3. The van der Waals surface area contributed by atoms with Crippen LogP contribution in [-0.2, 0) is 10.3 Å². The molecule has 6 nitrogen and oxygen atoms in total. The van der Waals surface area contributed by atoms with Crippen LogP contribution in [-0.4, -0.2) is 43.1 Å². The van der Waals surface area contributed by atoms with Crippen LogP contribution in [0, 0.1) is 0 Å². The van der Waals surface area contributed by atoms with Crippen LogP contribution in [0.1, 0.15) is 43.3 Å². The van der Waals surface area contributed by atoms with E-state index in [9.17, 15) is 4.79 Å². The number of nitrogens with one attached hydrogen (secondary N) is 1. The average Bonchev–Trinajstić information content (AvgIpc) is 3.37. The highest BCUT2D eigenvalue weighted by atomic mass is 32.1. The second-order valence-electron chi connectivity index (χ2n) is 7.17. The van der Waals surface area contributed by atoms with Gasteiger partial charge in [-0.3, -0.25) is 10.1 Å². The summed E-state index contributed by atoms with van der Waals surface area (Å²) in [5, 5.41) is 6.29. The van der Waals surface area contributed by atoms with Gasteiger partial charge in [-0.25, -0.2) is 4.98 Å². The molecule has 3 rings (SSSR count). The molecule has 1 N–H and O–H groups in total. The lowest BCUT2D eigenvalue weighted by Crippen LogP contribution is -2.44. The van der Waals surface area contributed by atoms with Crippen molar-refractivity contribution in [1.29, 1.82) is 0 Å². The number of benzene rings is 1. The summed E-state index contributed by atoms with van der Waals surface area (Å²) >= 11 is 1.59. The fourth-order valence-corrected chi connectivity index (χ4v) is 4.23. The van der Waals surface area contributed by atoms with Crippen molar-refractivity contribution >= 4 is 17.2 Å². The number of likely N-dealkylation sites (tertiary alicyclic amines) is 1. The molecular weight excluding hydrogens is 362 g/mol. The van der Waals surface area contributed by atoms with Gasteiger partial charge in [-0.15, -0.1) is 11.3 Å². The molecule has 1 aliphatic rings. The molecule has 0 bridgehead atoms. The number of hydrogen-bond donors (Lipinski definition) is 1. The summed E-state index contributed by atoms with van der Waals surface area (Å²) in [7, 11) is 3.30. The zero-order valence-electron chi connectivity index (χ0n) is 16.3. The predicted octanol–water partition coefficient (Wildman–Crippen LogP) is 3.35. The van der Waals surface area contributed by atoms with Gasteiger partial charge in [-0.2, -0.15) is 0 Å². The lowest BCUT2D eigenvalue weighted by atomic mass is 10.0. The Kier molecular flexibility index (Phi) is 6.01. The van der Waals surface area contributed by atoms with Crippen LogP contribution in [0.25, 0.3) is 0 Å². The Morgan fingerprint density at radius 3 is 2.85 bits per heavy atom. The maximum Gasteiger partial charge on any atom is 0.237 e. The van der Waals surface area contributed by atoms with Crippen LogP contribution in [0.15, 0.2) is 29.8 Å². The number of hydrogen-bond acceptors (Lipinski definition) is 6. The zero-order chi connectivity index (χ0) is 19.4. The molecule has 1 saturated heterocycles. The van der Waals surface area contributed by atoms with Crippen LogP contribution < -0.4 is 14.8 Å². The molecule has 1 aromatic heterocycles. The fourth-order valence-electron chi connectivity index (χ4n) is 3.49. The number of nitrogens with zero attached hydrogens (tertiary/aromatic N) is 2. The Morgan fingerprint density at radius 1 is 1.37 bits per heavy atom. The number of methoxy groups -OCH3 is 2. The maximum atomic E-state index is 13.0. The minimum Gasteiger partial charge on any atom is -0.497 e. The second-order valence-corrected chi connectivity index (χ2v) is 8.06. The van der Waals surface area contributed by atoms with Crippen LogP contribution >= 0.6 is 11.3 Å². The van der Waals surface area contributed by atoms with E-state index in [4.69, 9.17) is 9.47 Å². The fraction of sp³-hybridized carbons (Fsp3) is 0.500. The molecule has 1 amide bonds. The van der Waals surface area contributed by atoms with Gasteiger partial charge in [0.15, 0.2) is 0 Å². The van der Waals surface area contributed by atoms with E-state index in [1.54, 1.807) is 31.8 Å². The Bertz CT molecular complexity index is 777. The average molecular weight is 390 g/mol. The Morgan fingerprint density at radius 2 is 2.19 bits per heavy atom. The molecule has 0 aliphatic carbocycles. The summed E-state index contributed by atoms with van der Waals surface area (Å²) in [6.45, 7) is 5.12. The monoisotopic (exact) mass is 389 g/mol. The summed E-state index contributed by atoms with van der Waals surface area (Å²) in [6, 6.07) is 5.76. The summed E-state index contributed by atoms with van der Waals surface area (Å²) < 4.78 is 10.9. The molecule has 0 radical (unpaired) electrons. The van der Waals surface area contributed by atoms with E-state index in [1.165, 1.54) is 0 Å². The molecule has 7 heteroatoms. The van der Waals surface area contributed by atoms with Crippen molar-refractivity contribution in [2.75, 3.05) is 27.3 Å². The molecule has 1 fully saturated rings. The molecule has 1 aromatic carbocycles. The van der Waals surface area contributed by atoms with E-state index in [0.29, 0.717) is 0 Å². The third kappa shape index (κ3) is 4.25. The van der Waals surface area contributed by atoms with Crippen molar-refractivity contribution in [2.45, 2.75) is 38.3 Å². The third-order valence-electron chi connectivity index (χ3n) is 5.02.